The number of carboxylic acid groups (broad SMARTS) is 1. The molecule has 0 aromatic heterocycles. The first kappa shape index (κ1) is 16.7. The number of carboxylic acids is 1. The Kier molecular flexibility index (Phi) is 6.16. The summed E-state index contributed by atoms with van der Waals surface area (Å²) >= 11 is 0. The number of carbonyl (C=O) groups is 1. The van der Waals surface area contributed by atoms with Gasteiger partial charge in [-0.05, 0) is 30.5 Å². The molecule has 0 aliphatic carbocycles. The smallest absolute Gasteiger partial charge is 0.321 e. The standard InChI is InChI=1S/C14H21NO4S/c1-3-5-6-13(14(16)17)15-20(18,19)12-9-7-11(4-2)8-10-12/h7-10,13,15H,3-6H2,1-2H3,(H,16,17). The summed E-state index contributed by atoms with van der Waals surface area (Å²) in [5, 5.41) is 9.07. The Morgan fingerprint density at radius 3 is 2.30 bits per heavy atom. The minimum absolute atomic E-state index is 0.0949. The van der Waals surface area contributed by atoms with E-state index in [-0.39, 0.29) is 11.3 Å². The molecule has 20 heavy (non-hydrogen) atoms. The number of benzene rings is 1. The largest absolute Gasteiger partial charge is 0.480 e. The van der Waals surface area contributed by atoms with Crippen LogP contribution in [0.3, 0.4) is 0 Å². The second-order valence-corrected chi connectivity index (χ2v) is 6.37. The Hall–Kier alpha value is -1.40. The van der Waals surface area contributed by atoms with Crippen LogP contribution in [0.1, 0.15) is 38.7 Å². The molecule has 2 N–H and O–H groups in total. The number of hydrogen-bond donors (Lipinski definition) is 2. The molecule has 1 rings (SSSR count). The van der Waals surface area contributed by atoms with Crippen LogP contribution in [0.25, 0.3) is 0 Å². The topological polar surface area (TPSA) is 83.5 Å². The van der Waals surface area contributed by atoms with Gasteiger partial charge >= 0.3 is 5.97 Å². The first-order valence-corrected chi connectivity index (χ1v) is 8.23. The van der Waals surface area contributed by atoms with E-state index in [1.165, 1.54) is 12.1 Å². The molecule has 0 fully saturated rings. The Morgan fingerprint density at radius 1 is 1.25 bits per heavy atom. The third kappa shape index (κ3) is 4.61. The first-order chi connectivity index (χ1) is 9.40. The predicted molar refractivity (Wildman–Crippen MR) is 77.1 cm³/mol. The molecule has 0 saturated heterocycles. The second-order valence-electron chi connectivity index (χ2n) is 4.65. The normalized spacial score (nSPS) is 13.1. The highest BCUT2D eigenvalue weighted by Gasteiger charge is 2.24. The summed E-state index contributed by atoms with van der Waals surface area (Å²) in [7, 11) is -3.79. The molecular formula is C14H21NO4S. The van der Waals surface area contributed by atoms with Crippen molar-refractivity contribution in [3.8, 4) is 0 Å². The van der Waals surface area contributed by atoms with Crippen molar-refractivity contribution in [1.82, 2.24) is 4.72 Å². The lowest BCUT2D eigenvalue weighted by Gasteiger charge is -2.14. The molecule has 0 spiro atoms. The molecule has 0 saturated carbocycles. The van der Waals surface area contributed by atoms with Crippen LogP contribution in [0, 0.1) is 0 Å². The van der Waals surface area contributed by atoms with Gasteiger partial charge in [-0.25, -0.2) is 8.42 Å². The van der Waals surface area contributed by atoms with Gasteiger partial charge in [-0.3, -0.25) is 4.79 Å². The summed E-state index contributed by atoms with van der Waals surface area (Å²) in [6.45, 7) is 3.91. The van der Waals surface area contributed by atoms with Crippen molar-refractivity contribution in [3.05, 3.63) is 29.8 Å². The van der Waals surface area contributed by atoms with E-state index >= 15 is 0 Å². The van der Waals surface area contributed by atoms with Crippen molar-refractivity contribution in [2.45, 2.75) is 50.5 Å². The zero-order valence-corrected chi connectivity index (χ0v) is 12.6. The van der Waals surface area contributed by atoms with Crippen molar-refractivity contribution < 1.29 is 18.3 Å². The lowest BCUT2D eigenvalue weighted by Crippen LogP contribution is -2.40. The van der Waals surface area contributed by atoms with Crippen molar-refractivity contribution in [2.75, 3.05) is 0 Å². The lowest BCUT2D eigenvalue weighted by atomic mass is 10.1. The average molecular weight is 299 g/mol. The summed E-state index contributed by atoms with van der Waals surface area (Å²) in [6, 6.07) is 5.39. The van der Waals surface area contributed by atoms with Gasteiger partial charge in [-0.2, -0.15) is 4.72 Å². The van der Waals surface area contributed by atoms with Crippen LogP contribution in [0.15, 0.2) is 29.2 Å². The molecule has 5 nitrogen and oxygen atoms in total. The van der Waals surface area contributed by atoms with Crippen molar-refractivity contribution in [2.24, 2.45) is 0 Å². The van der Waals surface area contributed by atoms with Gasteiger partial charge in [0.1, 0.15) is 6.04 Å². The number of aryl methyl sites for hydroxylation is 1. The molecule has 1 unspecified atom stereocenters. The Balaban J connectivity index is 2.88. The van der Waals surface area contributed by atoms with Gasteiger partial charge in [0.2, 0.25) is 10.0 Å². The second kappa shape index (κ2) is 7.40. The Morgan fingerprint density at radius 2 is 1.85 bits per heavy atom. The molecule has 0 heterocycles. The van der Waals surface area contributed by atoms with E-state index < -0.39 is 22.0 Å². The molecule has 0 aliphatic rings. The molecule has 1 aromatic carbocycles. The number of aliphatic carboxylic acids is 1. The summed E-state index contributed by atoms with van der Waals surface area (Å²) in [5.41, 5.74) is 1.03. The van der Waals surface area contributed by atoms with Crippen LogP contribution < -0.4 is 4.72 Å². The van der Waals surface area contributed by atoms with Gasteiger partial charge in [0.05, 0.1) is 4.90 Å². The lowest BCUT2D eigenvalue weighted by molar-refractivity contribution is -0.139. The van der Waals surface area contributed by atoms with E-state index in [9.17, 15) is 13.2 Å². The highest BCUT2D eigenvalue weighted by atomic mass is 32.2. The van der Waals surface area contributed by atoms with Gasteiger partial charge in [-0.15, -0.1) is 0 Å². The molecule has 1 atom stereocenters. The summed E-state index contributed by atoms with van der Waals surface area (Å²) < 4.78 is 26.5. The highest BCUT2D eigenvalue weighted by Crippen LogP contribution is 2.13. The summed E-state index contributed by atoms with van der Waals surface area (Å²) in [6.07, 6.45) is 2.59. The van der Waals surface area contributed by atoms with Gasteiger partial charge in [0, 0.05) is 0 Å². The quantitative estimate of drug-likeness (QED) is 0.770. The van der Waals surface area contributed by atoms with E-state index in [2.05, 4.69) is 4.72 Å². The van der Waals surface area contributed by atoms with Crippen LogP contribution in [-0.4, -0.2) is 25.5 Å². The molecule has 112 valence electrons. The summed E-state index contributed by atoms with van der Waals surface area (Å²) in [5.74, 6) is -1.15. The fourth-order valence-electron chi connectivity index (χ4n) is 1.80. The minimum atomic E-state index is -3.79. The van der Waals surface area contributed by atoms with E-state index in [0.29, 0.717) is 6.42 Å². The molecule has 0 radical (unpaired) electrons. The van der Waals surface area contributed by atoms with Crippen LogP contribution in [-0.2, 0) is 21.2 Å². The maximum Gasteiger partial charge on any atom is 0.321 e. The van der Waals surface area contributed by atoms with Crippen LogP contribution in [0.5, 0.6) is 0 Å². The van der Waals surface area contributed by atoms with Gasteiger partial charge in [0.25, 0.3) is 0 Å². The van der Waals surface area contributed by atoms with Crippen molar-refractivity contribution in [1.29, 1.82) is 0 Å². The van der Waals surface area contributed by atoms with Crippen LogP contribution in [0.2, 0.25) is 0 Å². The maximum atomic E-state index is 12.1. The van der Waals surface area contributed by atoms with Crippen molar-refractivity contribution in [3.63, 3.8) is 0 Å². The number of rotatable bonds is 8. The Labute approximate surface area is 120 Å². The number of nitrogens with one attached hydrogen (secondary N) is 1. The fraction of sp³-hybridized carbons (Fsp3) is 0.500. The first-order valence-electron chi connectivity index (χ1n) is 6.74. The molecular weight excluding hydrogens is 278 g/mol. The molecule has 6 heteroatoms. The molecule has 0 aliphatic heterocycles. The zero-order chi connectivity index (χ0) is 15.2. The van der Waals surface area contributed by atoms with E-state index in [1.54, 1.807) is 12.1 Å². The van der Waals surface area contributed by atoms with Crippen LogP contribution in [0.4, 0.5) is 0 Å². The predicted octanol–water partition coefficient (Wildman–Crippen LogP) is 2.17. The molecule has 0 bridgehead atoms. The third-order valence-electron chi connectivity index (χ3n) is 3.08. The molecule has 1 aromatic rings. The third-order valence-corrected chi connectivity index (χ3v) is 4.57. The van der Waals surface area contributed by atoms with Gasteiger partial charge < -0.3 is 5.11 Å². The van der Waals surface area contributed by atoms with E-state index in [0.717, 1.165) is 18.4 Å². The zero-order valence-electron chi connectivity index (χ0n) is 11.8. The van der Waals surface area contributed by atoms with E-state index in [1.807, 2.05) is 13.8 Å². The SMILES string of the molecule is CCCCC(NS(=O)(=O)c1ccc(CC)cc1)C(=O)O. The van der Waals surface area contributed by atoms with Crippen molar-refractivity contribution >= 4 is 16.0 Å². The Bertz CT molecular complexity index is 537. The maximum absolute atomic E-state index is 12.1. The van der Waals surface area contributed by atoms with E-state index in [4.69, 9.17) is 5.11 Å². The number of sulfonamides is 1. The number of hydrogen-bond acceptors (Lipinski definition) is 3. The fourth-order valence-corrected chi connectivity index (χ4v) is 3.02. The highest BCUT2D eigenvalue weighted by molar-refractivity contribution is 7.89. The summed E-state index contributed by atoms with van der Waals surface area (Å²) in [4.78, 5) is 11.2. The van der Waals surface area contributed by atoms with Crippen LogP contribution >= 0.6 is 0 Å². The van der Waals surface area contributed by atoms with Gasteiger partial charge in [-0.1, -0.05) is 38.8 Å². The monoisotopic (exact) mass is 299 g/mol. The van der Waals surface area contributed by atoms with Gasteiger partial charge in [0.15, 0.2) is 0 Å². The average Bonchev–Trinajstić information content (AvgIpc) is 2.43. The number of unbranched alkanes of at least 4 members (excludes halogenated alkanes) is 1. The molecule has 0 amide bonds. The minimum Gasteiger partial charge on any atom is -0.480 e.